The quantitative estimate of drug-likeness (QED) is 0.594. The lowest BCUT2D eigenvalue weighted by Crippen LogP contribution is -2.44. The van der Waals surface area contributed by atoms with Crippen molar-refractivity contribution in [1.82, 2.24) is 10.6 Å². The average molecular weight is 399 g/mol. The molecule has 4 heteroatoms. The number of Topliss-reactive ketones (excluding diaryl/α,β-unsaturated/α-hetero) is 1. The fourth-order valence-corrected chi connectivity index (χ4v) is 3.97. The van der Waals surface area contributed by atoms with Crippen LogP contribution in [0, 0.1) is 6.92 Å². The van der Waals surface area contributed by atoms with E-state index in [1.54, 1.807) is 6.92 Å². The number of benzene rings is 3. The van der Waals surface area contributed by atoms with Crippen LogP contribution in [0.5, 0.6) is 0 Å². The highest BCUT2D eigenvalue weighted by Gasteiger charge is 2.31. The minimum absolute atomic E-state index is 0.00932. The Morgan fingerprint density at radius 2 is 1.52 bits per heavy atom. The van der Waals surface area contributed by atoms with Crippen LogP contribution in [0.15, 0.2) is 84.4 Å². The van der Waals surface area contributed by atoms with Crippen molar-refractivity contribution < 1.29 is 4.79 Å². The predicted molar refractivity (Wildman–Crippen MR) is 122 cm³/mol. The van der Waals surface area contributed by atoms with E-state index in [-0.39, 0.29) is 11.8 Å². The number of carbonyl (C=O) groups excluding carboxylic acids is 1. The Morgan fingerprint density at radius 3 is 2.21 bits per heavy atom. The van der Waals surface area contributed by atoms with Gasteiger partial charge >= 0.3 is 0 Å². The average Bonchev–Trinajstić information content (AvgIpc) is 2.74. The molecule has 1 atom stereocenters. The molecule has 0 aliphatic carbocycles. The second-order valence-electron chi connectivity index (χ2n) is 7.20. The van der Waals surface area contributed by atoms with E-state index in [4.69, 9.17) is 12.2 Å². The number of carbonyl (C=O) groups is 1. The largest absolute Gasteiger partial charge is 0.351 e. The molecule has 0 spiro atoms. The third-order valence-corrected chi connectivity index (χ3v) is 5.37. The monoisotopic (exact) mass is 398 g/mol. The molecule has 144 valence electrons. The van der Waals surface area contributed by atoms with Gasteiger partial charge in [-0.25, -0.2) is 0 Å². The lowest BCUT2D eigenvalue weighted by Gasteiger charge is -2.32. The second kappa shape index (κ2) is 8.02. The number of thiocarbonyl (C=S) groups is 1. The van der Waals surface area contributed by atoms with Crippen LogP contribution in [0.4, 0.5) is 0 Å². The van der Waals surface area contributed by atoms with Crippen molar-refractivity contribution in [3.05, 3.63) is 101 Å². The Balaban J connectivity index is 1.91. The summed E-state index contributed by atoms with van der Waals surface area (Å²) >= 11 is 5.51. The number of nitrogens with one attached hydrogen (secondary N) is 2. The van der Waals surface area contributed by atoms with E-state index in [1.807, 2.05) is 42.5 Å². The van der Waals surface area contributed by atoms with Gasteiger partial charge in [-0.2, -0.15) is 0 Å². The molecule has 0 fully saturated rings. The first-order valence-electron chi connectivity index (χ1n) is 9.58. The van der Waals surface area contributed by atoms with Crippen molar-refractivity contribution >= 4 is 28.8 Å². The van der Waals surface area contributed by atoms with Gasteiger partial charge < -0.3 is 10.6 Å². The molecule has 3 aromatic carbocycles. The van der Waals surface area contributed by atoms with Crippen LogP contribution in [0.25, 0.3) is 16.8 Å². The maximum atomic E-state index is 12.8. The van der Waals surface area contributed by atoms with Gasteiger partial charge in [0.25, 0.3) is 0 Å². The van der Waals surface area contributed by atoms with Gasteiger partial charge in [0, 0.05) is 5.57 Å². The molecule has 1 aliphatic heterocycles. The lowest BCUT2D eigenvalue weighted by molar-refractivity contribution is -0.113. The van der Waals surface area contributed by atoms with Crippen LogP contribution >= 0.6 is 12.2 Å². The molecule has 0 radical (unpaired) electrons. The highest BCUT2D eigenvalue weighted by molar-refractivity contribution is 7.80. The highest BCUT2D eigenvalue weighted by Crippen LogP contribution is 2.36. The number of hydrogen-bond donors (Lipinski definition) is 2. The van der Waals surface area contributed by atoms with Crippen LogP contribution in [0.2, 0.25) is 0 Å². The molecule has 1 unspecified atom stereocenters. The number of hydrogen-bond acceptors (Lipinski definition) is 2. The molecule has 29 heavy (non-hydrogen) atoms. The number of rotatable bonds is 4. The number of ketones is 1. The summed E-state index contributed by atoms with van der Waals surface area (Å²) in [6.45, 7) is 3.68. The first kappa shape index (κ1) is 19.1. The molecule has 0 bridgehead atoms. The molecule has 0 aromatic heterocycles. The second-order valence-corrected chi connectivity index (χ2v) is 7.60. The molecule has 0 amide bonds. The molecule has 3 aromatic rings. The minimum atomic E-state index is -0.325. The van der Waals surface area contributed by atoms with Gasteiger partial charge in [-0.1, -0.05) is 84.4 Å². The summed E-state index contributed by atoms with van der Waals surface area (Å²) in [5.41, 5.74) is 6.83. The van der Waals surface area contributed by atoms with E-state index >= 15 is 0 Å². The van der Waals surface area contributed by atoms with Crippen LogP contribution in [-0.2, 0) is 4.79 Å². The third-order valence-electron chi connectivity index (χ3n) is 5.15. The van der Waals surface area contributed by atoms with Gasteiger partial charge in [-0.05, 0) is 48.3 Å². The smallest absolute Gasteiger partial charge is 0.171 e. The zero-order valence-electron chi connectivity index (χ0n) is 16.4. The first-order valence-corrected chi connectivity index (χ1v) is 9.99. The van der Waals surface area contributed by atoms with Crippen molar-refractivity contribution in [2.45, 2.75) is 19.9 Å². The van der Waals surface area contributed by atoms with Gasteiger partial charge in [0.1, 0.15) is 0 Å². The van der Waals surface area contributed by atoms with Crippen molar-refractivity contribution in [2.24, 2.45) is 0 Å². The predicted octanol–water partition coefficient (Wildman–Crippen LogP) is 5.18. The van der Waals surface area contributed by atoms with Gasteiger partial charge in [0.2, 0.25) is 0 Å². The van der Waals surface area contributed by atoms with Crippen LogP contribution in [0.3, 0.4) is 0 Å². The SMILES string of the molecule is CC(=O)C1=C(c2ccccc2)NC(=S)NC1c1ccccc1-c1ccc(C)cc1. The zero-order valence-corrected chi connectivity index (χ0v) is 17.2. The lowest BCUT2D eigenvalue weighted by atomic mass is 9.86. The maximum Gasteiger partial charge on any atom is 0.171 e. The standard InChI is InChI=1S/C25H22N2OS/c1-16-12-14-18(15-13-16)20-10-6-7-11-21(20)24-22(17(2)28)23(26-25(29)27-24)19-8-4-3-5-9-19/h3-15,24H,1-2H3,(H2,26,27,29). The minimum Gasteiger partial charge on any atom is -0.351 e. The fourth-order valence-electron chi connectivity index (χ4n) is 3.75. The normalized spacial score (nSPS) is 16.2. The summed E-state index contributed by atoms with van der Waals surface area (Å²) < 4.78 is 0. The van der Waals surface area contributed by atoms with Gasteiger partial charge in [0.15, 0.2) is 10.9 Å². The van der Waals surface area contributed by atoms with E-state index in [0.29, 0.717) is 10.7 Å². The third kappa shape index (κ3) is 3.84. The molecule has 0 saturated carbocycles. The molecule has 1 heterocycles. The molecule has 4 rings (SSSR count). The van der Waals surface area contributed by atoms with Crippen LogP contribution in [0.1, 0.15) is 29.7 Å². The summed E-state index contributed by atoms with van der Waals surface area (Å²) in [4.78, 5) is 12.8. The van der Waals surface area contributed by atoms with Gasteiger partial charge in [0.05, 0.1) is 11.7 Å². The molecule has 1 aliphatic rings. The molecule has 2 N–H and O–H groups in total. The van der Waals surface area contributed by atoms with E-state index in [0.717, 1.165) is 28.0 Å². The zero-order chi connectivity index (χ0) is 20.4. The van der Waals surface area contributed by atoms with Crippen molar-refractivity contribution in [1.29, 1.82) is 0 Å². The fraction of sp³-hybridized carbons (Fsp3) is 0.120. The highest BCUT2D eigenvalue weighted by atomic mass is 32.1. The number of aryl methyl sites for hydroxylation is 1. The Labute approximate surface area is 176 Å². The van der Waals surface area contributed by atoms with E-state index < -0.39 is 0 Å². The van der Waals surface area contributed by atoms with Gasteiger partial charge in [-0.3, -0.25) is 4.79 Å². The Morgan fingerprint density at radius 1 is 0.862 bits per heavy atom. The van der Waals surface area contributed by atoms with Gasteiger partial charge in [-0.15, -0.1) is 0 Å². The van der Waals surface area contributed by atoms with Crippen LogP contribution in [-0.4, -0.2) is 10.9 Å². The topological polar surface area (TPSA) is 41.1 Å². The molecular formula is C25H22N2OS. The summed E-state index contributed by atoms with van der Waals surface area (Å²) in [6.07, 6.45) is 0. The molecule has 0 saturated heterocycles. The molecular weight excluding hydrogens is 376 g/mol. The van der Waals surface area contributed by atoms with Crippen molar-refractivity contribution in [3.63, 3.8) is 0 Å². The Bertz CT molecular complexity index is 1100. The van der Waals surface area contributed by atoms with E-state index in [2.05, 4.69) is 54.0 Å². The Kier molecular flexibility index (Phi) is 5.28. The summed E-state index contributed by atoms with van der Waals surface area (Å²) in [6, 6.07) is 26.1. The van der Waals surface area contributed by atoms with E-state index in [9.17, 15) is 4.79 Å². The first-order chi connectivity index (χ1) is 14.0. The van der Waals surface area contributed by atoms with Crippen LogP contribution < -0.4 is 10.6 Å². The molecule has 3 nitrogen and oxygen atoms in total. The summed E-state index contributed by atoms with van der Waals surface area (Å²) in [7, 11) is 0. The summed E-state index contributed by atoms with van der Waals surface area (Å²) in [5.74, 6) is 0.00932. The van der Waals surface area contributed by atoms with Crippen molar-refractivity contribution in [3.8, 4) is 11.1 Å². The maximum absolute atomic E-state index is 12.8. The van der Waals surface area contributed by atoms with E-state index in [1.165, 1.54) is 5.56 Å². The summed E-state index contributed by atoms with van der Waals surface area (Å²) in [5, 5.41) is 7.05. The Hall–Kier alpha value is -3.24. The van der Waals surface area contributed by atoms with Crippen molar-refractivity contribution in [2.75, 3.05) is 0 Å².